The van der Waals surface area contributed by atoms with Crippen molar-refractivity contribution in [3.8, 4) is 0 Å². The molecule has 0 saturated carbocycles. The van der Waals surface area contributed by atoms with Gasteiger partial charge in [0.05, 0.1) is 6.54 Å². The molecule has 0 unspecified atom stereocenters. The van der Waals surface area contributed by atoms with Crippen molar-refractivity contribution in [3.05, 3.63) is 82.7 Å². The minimum atomic E-state index is -0.954. The van der Waals surface area contributed by atoms with Gasteiger partial charge in [-0.3, -0.25) is 9.58 Å². The third-order valence-corrected chi connectivity index (χ3v) is 5.45. The minimum absolute atomic E-state index is 0.183. The van der Waals surface area contributed by atoms with E-state index in [1.165, 1.54) is 5.56 Å². The number of rotatable bonds is 6. The number of aromatic nitrogens is 2. The SMILES string of the molecule is CN(C)c1ccc(Cn2nc(C(=O)O)c3c2CCN(Cc2ccccc2)C3)cc1. The van der Waals surface area contributed by atoms with Crippen molar-refractivity contribution in [1.29, 1.82) is 0 Å². The molecule has 0 amide bonds. The van der Waals surface area contributed by atoms with Gasteiger partial charge in [-0.2, -0.15) is 5.10 Å². The molecule has 0 fully saturated rings. The first-order valence-electron chi connectivity index (χ1n) is 9.85. The molecule has 0 atom stereocenters. The quantitative estimate of drug-likeness (QED) is 0.700. The van der Waals surface area contributed by atoms with E-state index >= 15 is 0 Å². The van der Waals surface area contributed by atoms with E-state index in [0.29, 0.717) is 13.1 Å². The normalized spacial score (nSPS) is 13.9. The molecule has 6 heteroatoms. The molecule has 4 rings (SSSR count). The zero-order chi connectivity index (χ0) is 20.4. The number of carboxylic acid groups (broad SMARTS) is 1. The second kappa shape index (κ2) is 8.09. The monoisotopic (exact) mass is 390 g/mol. The highest BCUT2D eigenvalue weighted by atomic mass is 16.4. The molecule has 2 aromatic carbocycles. The molecule has 6 nitrogen and oxygen atoms in total. The molecule has 3 aromatic rings. The van der Waals surface area contributed by atoms with Crippen molar-refractivity contribution in [2.45, 2.75) is 26.1 Å². The Kier molecular flexibility index (Phi) is 5.36. The van der Waals surface area contributed by atoms with Gasteiger partial charge in [0, 0.05) is 57.1 Å². The van der Waals surface area contributed by atoms with Crippen LogP contribution in [0.4, 0.5) is 5.69 Å². The van der Waals surface area contributed by atoms with Crippen molar-refractivity contribution in [3.63, 3.8) is 0 Å². The molecule has 0 spiro atoms. The van der Waals surface area contributed by atoms with Crippen molar-refractivity contribution < 1.29 is 9.90 Å². The van der Waals surface area contributed by atoms with Crippen LogP contribution >= 0.6 is 0 Å². The van der Waals surface area contributed by atoms with Crippen LogP contribution in [0.3, 0.4) is 0 Å². The van der Waals surface area contributed by atoms with Crippen LogP contribution in [-0.4, -0.2) is 46.4 Å². The van der Waals surface area contributed by atoms with E-state index in [2.05, 4.69) is 51.3 Å². The number of benzene rings is 2. The largest absolute Gasteiger partial charge is 0.476 e. The Balaban J connectivity index is 1.57. The van der Waals surface area contributed by atoms with Gasteiger partial charge >= 0.3 is 5.97 Å². The van der Waals surface area contributed by atoms with Crippen LogP contribution in [0.5, 0.6) is 0 Å². The van der Waals surface area contributed by atoms with Gasteiger partial charge in [0.1, 0.15) is 0 Å². The molecule has 0 aliphatic carbocycles. The van der Waals surface area contributed by atoms with E-state index in [9.17, 15) is 9.90 Å². The Labute approximate surface area is 171 Å². The first kappa shape index (κ1) is 19.2. The summed E-state index contributed by atoms with van der Waals surface area (Å²) in [4.78, 5) is 16.2. The summed E-state index contributed by atoms with van der Waals surface area (Å²) >= 11 is 0. The summed E-state index contributed by atoms with van der Waals surface area (Å²) in [6.45, 7) is 2.91. The summed E-state index contributed by atoms with van der Waals surface area (Å²) in [5.41, 5.74) is 5.57. The summed E-state index contributed by atoms with van der Waals surface area (Å²) < 4.78 is 1.88. The summed E-state index contributed by atoms with van der Waals surface area (Å²) in [6, 6.07) is 18.6. The fourth-order valence-electron chi connectivity index (χ4n) is 3.90. The Bertz CT molecular complexity index is 994. The van der Waals surface area contributed by atoms with E-state index in [-0.39, 0.29) is 5.69 Å². The molecular formula is C23H26N4O2. The first-order chi connectivity index (χ1) is 14.0. The number of carbonyl (C=O) groups is 1. The summed E-state index contributed by atoms with van der Waals surface area (Å²) in [6.07, 6.45) is 0.804. The molecule has 150 valence electrons. The van der Waals surface area contributed by atoms with Crippen LogP contribution in [0.25, 0.3) is 0 Å². The Morgan fingerprint density at radius 1 is 1.03 bits per heavy atom. The predicted octanol–water partition coefficient (Wildman–Crippen LogP) is 3.25. The number of aromatic carboxylic acids is 1. The molecule has 29 heavy (non-hydrogen) atoms. The maximum Gasteiger partial charge on any atom is 0.356 e. The highest BCUT2D eigenvalue weighted by Gasteiger charge is 2.28. The second-order valence-corrected chi connectivity index (χ2v) is 7.74. The van der Waals surface area contributed by atoms with Crippen molar-refractivity contribution in [2.75, 3.05) is 25.5 Å². The smallest absolute Gasteiger partial charge is 0.356 e. The first-order valence-corrected chi connectivity index (χ1v) is 9.85. The number of fused-ring (bicyclic) bond motifs is 1. The number of nitrogens with zero attached hydrogens (tertiary/aromatic N) is 4. The molecule has 0 bridgehead atoms. The van der Waals surface area contributed by atoms with Crippen LogP contribution in [0.2, 0.25) is 0 Å². The average molecular weight is 390 g/mol. The lowest BCUT2D eigenvalue weighted by Gasteiger charge is -2.27. The molecule has 1 N–H and O–H groups in total. The molecule has 0 saturated heterocycles. The number of hydrogen-bond donors (Lipinski definition) is 1. The third kappa shape index (κ3) is 4.17. The van der Waals surface area contributed by atoms with Crippen LogP contribution in [-0.2, 0) is 26.1 Å². The second-order valence-electron chi connectivity index (χ2n) is 7.74. The fourth-order valence-corrected chi connectivity index (χ4v) is 3.90. The van der Waals surface area contributed by atoms with Crippen LogP contribution in [0, 0.1) is 0 Å². The Morgan fingerprint density at radius 3 is 2.38 bits per heavy atom. The van der Waals surface area contributed by atoms with Gasteiger partial charge in [-0.15, -0.1) is 0 Å². The predicted molar refractivity (Wildman–Crippen MR) is 113 cm³/mol. The van der Waals surface area contributed by atoms with E-state index in [1.54, 1.807) is 0 Å². The van der Waals surface area contributed by atoms with Gasteiger partial charge in [0.2, 0.25) is 0 Å². The topological polar surface area (TPSA) is 61.6 Å². The van der Waals surface area contributed by atoms with E-state index in [1.807, 2.05) is 37.0 Å². The van der Waals surface area contributed by atoms with Gasteiger partial charge in [-0.1, -0.05) is 42.5 Å². The molecule has 0 radical (unpaired) electrons. The molecule has 1 aliphatic heterocycles. The zero-order valence-electron chi connectivity index (χ0n) is 16.9. The highest BCUT2D eigenvalue weighted by molar-refractivity contribution is 5.87. The zero-order valence-corrected chi connectivity index (χ0v) is 16.9. The van der Waals surface area contributed by atoms with Crippen LogP contribution in [0.15, 0.2) is 54.6 Å². The van der Waals surface area contributed by atoms with Crippen LogP contribution < -0.4 is 4.90 Å². The van der Waals surface area contributed by atoms with Crippen LogP contribution in [0.1, 0.15) is 32.9 Å². The van der Waals surface area contributed by atoms with Crippen molar-refractivity contribution in [2.24, 2.45) is 0 Å². The van der Waals surface area contributed by atoms with Gasteiger partial charge in [0.15, 0.2) is 5.69 Å². The average Bonchev–Trinajstić information content (AvgIpc) is 3.07. The summed E-state index contributed by atoms with van der Waals surface area (Å²) in [5.74, 6) is -0.954. The summed E-state index contributed by atoms with van der Waals surface area (Å²) in [5, 5.41) is 14.2. The van der Waals surface area contributed by atoms with E-state index in [0.717, 1.165) is 42.0 Å². The Hall–Kier alpha value is -3.12. The maximum atomic E-state index is 11.8. The van der Waals surface area contributed by atoms with E-state index in [4.69, 9.17) is 0 Å². The van der Waals surface area contributed by atoms with Crippen molar-refractivity contribution in [1.82, 2.24) is 14.7 Å². The number of hydrogen-bond acceptors (Lipinski definition) is 4. The molecule has 2 heterocycles. The third-order valence-electron chi connectivity index (χ3n) is 5.45. The molecule has 1 aromatic heterocycles. The fraction of sp³-hybridized carbons (Fsp3) is 0.304. The highest BCUT2D eigenvalue weighted by Crippen LogP contribution is 2.25. The standard InChI is InChI=1S/C23H26N4O2/c1-25(2)19-10-8-18(9-11-19)15-27-21-12-13-26(14-17-6-4-3-5-7-17)16-20(21)22(24-27)23(28)29/h3-11H,12-16H2,1-2H3,(H,28,29). The lowest BCUT2D eigenvalue weighted by molar-refractivity contribution is 0.0686. The van der Waals surface area contributed by atoms with E-state index < -0.39 is 5.97 Å². The summed E-state index contributed by atoms with van der Waals surface area (Å²) in [7, 11) is 4.03. The van der Waals surface area contributed by atoms with Gasteiger partial charge in [-0.05, 0) is 23.3 Å². The Morgan fingerprint density at radius 2 is 1.72 bits per heavy atom. The lowest BCUT2D eigenvalue weighted by atomic mass is 10.0. The van der Waals surface area contributed by atoms with Gasteiger partial charge < -0.3 is 10.0 Å². The number of anilines is 1. The van der Waals surface area contributed by atoms with Gasteiger partial charge in [-0.25, -0.2) is 4.79 Å². The lowest BCUT2D eigenvalue weighted by Crippen LogP contribution is -2.31. The minimum Gasteiger partial charge on any atom is -0.476 e. The molecular weight excluding hydrogens is 364 g/mol. The van der Waals surface area contributed by atoms with Crippen molar-refractivity contribution >= 4 is 11.7 Å². The molecule has 1 aliphatic rings. The maximum absolute atomic E-state index is 11.8. The number of carboxylic acids is 1. The van der Waals surface area contributed by atoms with Gasteiger partial charge in [0.25, 0.3) is 0 Å².